The van der Waals surface area contributed by atoms with Gasteiger partial charge in [-0.25, -0.2) is 4.98 Å². The number of fused-ring (bicyclic) bond motifs is 2. The van der Waals surface area contributed by atoms with Crippen molar-refractivity contribution in [3.63, 3.8) is 0 Å². The highest BCUT2D eigenvalue weighted by molar-refractivity contribution is 5.84. The van der Waals surface area contributed by atoms with Gasteiger partial charge >= 0.3 is 0 Å². The molecule has 4 aromatic rings. The van der Waals surface area contributed by atoms with E-state index in [1.807, 2.05) is 55.5 Å². The van der Waals surface area contributed by atoms with Gasteiger partial charge in [0, 0.05) is 17.2 Å². The van der Waals surface area contributed by atoms with Crippen molar-refractivity contribution >= 4 is 27.9 Å². The first-order valence-electron chi connectivity index (χ1n) is 9.45. The van der Waals surface area contributed by atoms with Crippen molar-refractivity contribution < 1.29 is 13.9 Å². The number of nitrogens with zero attached hydrogens (tertiary/aromatic N) is 1. The summed E-state index contributed by atoms with van der Waals surface area (Å²) in [6.45, 7) is 1.94. The van der Waals surface area contributed by atoms with Gasteiger partial charge in [-0.15, -0.1) is 0 Å². The van der Waals surface area contributed by atoms with Crippen LogP contribution in [0.25, 0.3) is 22.0 Å². The SMILES string of the molecule is COc1ccc2oc([C@@H](C)NC(=O)C3C[C@@H]3c3nc4ccccc4[nH]3)cc2c1. The molecule has 2 aromatic heterocycles. The van der Waals surface area contributed by atoms with E-state index in [1.54, 1.807) is 7.11 Å². The molecule has 0 radical (unpaired) electrons. The summed E-state index contributed by atoms with van der Waals surface area (Å²) in [5.74, 6) is 2.55. The molecule has 142 valence electrons. The van der Waals surface area contributed by atoms with E-state index in [2.05, 4.69) is 15.3 Å². The summed E-state index contributed by atoms with van der Waals surface area (Å²) in [4.78, 5) is 20.6. The van der Waals surface area contributed by atoms with Crippen LogP contribution in [0.4, 0.5) is 0 Å². The highest BCUT2D eigenvalue weighted by Crippen LogP contribution is 2.47. The van der Waals surface area contributed by atoms with E-state index in [4.69, 9.17) is 9.15 Å². The normalized spacial score (nSPS) is 19.6. The van der Waals surface area contributed by atoms with Crippen LogP contribution < -0.4 is 10.1 Å². The Balaban J connectivity index is 1.28. The number of carbonyl (C=O) groups excluding carboxylic acids is 1. The molecule has 1 amide bonds. The first-order valence-corrected chi connectivity index (χ1v) is 9.45. The fourth-order valence-electron chi connectivity index (χ4n) is 3.71. The number of aromatic nitrogens is 2. The fourth-order valence-corrected chi connectivity index (χ4v) is 3.71. The van der Waals surface area contributed by atoms with E-state index < -0.39 is 0 Å². The second kappa shape index (κ2) is 6.41. The third-order valence-electron chi connectivity index (χ3n) is 5.41. The molecule has 1 saturated carbocycles. The van der Waals surface area contributed by atoms with Gasteiger partial charge in [-0.3, -0.25) is 4.79 Å². The van der Waals surface area contributed by atoms with Crippen LogP contribution in [0.15, 0.2) is 52.9 Å². The Hall–Kier alpha value is -3.28. The van der Waals surface area contributed by atoms with Crippen LogP contribution in [0, 0.1) is 5.92 Å². The van der Waals surface area contributed by atoms with Crippen LogP contribution in [0.5, 0.6) is 5.75 Å². The predicted molar refractivity (Wildman–Crippen MR) is 106 cm³/mol. The minimum Gasteiger partial charge on any atom is -0.497 e. The molecular weight excluding hydrogens is 354 g/mol. The van der Waals surface area contributed by atoms with Crippen LogP contribution in [0.1, 0.15) is 36.9 Å². The number of imidazole rings is 1. The summed E-state index contributed by atoms with van der Waals surface area (Å²) in [6.07, 6.45) is 0.815. The van der Waals surface area contributed by atoms with Gasteiger partial charge in [-0.2, -0.15) is 0 Å². The van der Waals surface area contributed by atoms with Gasteiger partial charge in [0.15, 0.2) is 0 Å². The maximum Gasteiger partial charge on any atom is 0.224 e. The monoisotopic (exact) mass is 375 g/mol. The number of H-pyrrole nitrogens is 1. The molecule has 6 nitrogen and oxygen atoms in total. The minimum atomic E-state index is -0.206. The van der Waals surface area contributed by atoms with Crippen molar-refractivity contribution in [2.24, 2.45) is 5.92 Å². The largest absolute Gasteiger partial charge is 0.497 e. The smallest absolute Gasteiger partial charge is 0.224 e. The third kappa shape index (κ3) is 2.91. The van der Waals surface area contributed by atoms with Crippen molar-refractivity contribution in [1.29, 1.82) is 0 Å². The third-order valence-corrected chi connectivity index (χ3v) is 5.41. The average molecular weight is 375 g/mol. The maximum absolute atomic E-state index is 12.7. The van der Waals surface area contributed by atoms with Gasteiger partial charge in [-0.1, -0.05) is 12.1 Å². The van der Waals surface area contributed by atoms with Crippen molar-refractivity contribution in [2.75, 3.05) is 7.11 Å². The highest BCUT2D eigenvalue weighted by atomic mass is 16.5. The number of para-hydroxylation sites is 2. The highest BCUT2D eigenvalue weighted by Gasteiger charge is 2.46. The number of nitrogens with one attached hydrogen (secondary N) is 2. The summed E-state index contributed by atoms with van der Waals surface area (Å²) in [5, 5.41) is 4.04. The van der Waals surface area contributed by atoms with Gasteiger partial charge in [0.2, 0.25) is 5.91 Å². The average Bonchev–Trinajstić information content (AvgIpc) is 3.21. The number of benzene rings is 2. The molecule has 2 N–H and O–H groups in total. The molecule has 0 bridgehead atoms. The Labute approximate surface area is 161 Å². The number of methoxy groups -OCH3 is 1. The molecule has 6 heteroatoms. The number of ether oxygens (including phenoxy) is 1. The molecular formula is C22H21N3O3. The molecule has 0 spiro atoms. The summed E-state index contributed by atoms with van der Waals surface area (Å²) in [5.41, 5.74) is 2.73. The first kappa shape index (κ1) is 16.9. The summed E-state index contributed by atoms with van der Waals surface area (Å²) >= 11 is 0. The van der Waals surface area contributed by atoms with Gasteiger partial charge in [0.25, 0.3) is 0 Å². The van der Waals surface area contributed by atoms with Gasteiger partial charge in [0.1, 0.15) is 22.9 Å². The molecule has 0 saturated heterocycles. The summed E-state index contributed by atoms with van der Waals surface area (Å²) in [7, 11) is 1.64. The quantitative estimate of drug-likeness (QED) is 0.545. The number of aromatic amines is 1. The summed E-state index contributed by atoms with van der Waals surface area (Å²) < 4.78 is 11.1. The van der Waals surface area contributed by atoms with Gasteiger partial charge in [-0.05, 0) is 49.7 Å². The second-order valence-electron chi connectivity index (χ2n) is 7.37. The zero-order valence-electron chi connectivity index (χ0n) is 15.7. The zero-order chi connectivity index (χ0) is 19.3. The molecule has 1 fully saturated rings. The predicted octanol–water partition coefficient (Wildman–Crippen LogP) is 4.30. The second-order valence-corrected chi connectivity index (χ2v) is 7.37. The molecule has 1 aliphatic carbocycles. The van der Waals surface area contributed by atoms with Crippen LogP contribution in [-0.4, -0.2) is 23.0 Å². The first-order chi connectivity index (χ1) is 13.6. The molecule has 0 aliphatic heterocycles. The Morgan fingerprint density at radius 1 is 1.29 bits per heavy atom. The van der Waals surface area contributed by atoms with E-state index in [9.17, 15) is 4.79 Å². The zero-order valence-corrected chi connectivity index (χ0v) is 15.7. The van der Waals surface area contributed by atoms with Crippen LogP contribution >= 0.6 is 0 Å². The Kier molecular flexibility index (Phi) is 3.86. The van der Waals surface area contributed by atoms with Crippen molar-refractivity contribution in [1.82, 2.24) is 15.3 Å². The molecule has 3 atom stereocenters. The number of furan rings is 1. The number of carbonyl (C=O) groups is 1. The number of amides is 1. The van der Waals surface area contributed by atoms with E-state index in [0.717, 1.165) is 45.8 Å². The molecule has 2 aromatic carbocycles. The molecule has 1 aliphatic rings. The van der Waals surface area contributed by atoms with Gasteiger partial charge < -0.3 is 19.5 Å². The lowest BCUT2D eigenvalue weighted by molar-refractivity contribution is -0.123. The lowest BCUT2D eigenvalue weighted by atomic mass is 10.2. The van der Waals surface area contributed by atoms with Crippen LogP contribution in [-0.2, 0) is 4.79 Å². The Morgan fingerprint density at radius 3 is 2.96 bits per heavy atom. The van der Waals surface area contributed by atoms with E-state index in [-0.39, 0.29) is 23.8 Å². The van der Waals surface area contributed by atoms with E-state index >= 15 is 0 Å². The Bertz CT molecular complexity index is 1140. The lowest BCUT2D eigenvalue weighted by Crippen LogP contribution is -2.28. The van der Waals surface area contributed by atoms with Crippen molar-refractivity contribution in [3.8, 4) is 5.75 Å². The van der Waals surface area contributed by atoms with Crippen molar-refractivity contribution in [3.05, 3.63) is 60.1 Å². The van der Waals surface area contributed by atoms with E-state index in [0.29, 0.717) is 0 Å². The van der Waals surface area contributed by atoms with Crippen LogP contribution in [0.3, 0.4) is 0 Å². The van der Waals surface area contributed by atoms with Crippen molar-refractivity contribution in [2.45, 2.75) is 25.3 Å². The molecule has 1 unspecified atom stereocenters. The summed E-state index contributed by atoms with van der Waals surface area (Å²) in [6, 6.07) is 15.3. The molecule has 28 heavy (non-hydrogen) atoms. The van der Waals surface area contributed by atoms with E-state index in [1.165, 1.54) is 0 Å². The maximum atomic E-state index is 12.7. The standard InChI is InChI=1S/C22H21N3O3/c1-12(20-10-13-9-14(27-2)7-8-19(13)28-20)23-22(26)16-11-15(16)21-24-17-5-3-4-6-18(17)25-21/h3-10,12,15-16H,11H2,1-2H3,(H,23,26)(H,24,25)/t12-,15+,16?/m1/s1. The Morgan fingerprint density at radius 2 is 2.14 bits per heavy atom. The number of hydrogen-bond acceptors (Lipinski definition) is 4. The van der Waals surface area contributed by atoms with Crippen LogP contribution in [0.2, 0.25) is 0 Å². The molecule has 2 heterocycles. The minimum absolute atomic E-state index is 0.0380. The topological polar surface area (TPSA) is 80.2 Å². The number of hydrogen-bond donors (Lipinski definition) is 2. The fraction of sp³-hybridized carbons (Fsp3) is 0.273. The molecule has 5 rings (SSSR count). The van der Waals surface area contributed by atoms with Gasteiger partial charge in [0.05, 0.1) is 24.2 Å². The number of rotatable bonds is 5. The lowest BCUT2D eigenvalue weighted by Gasteiger charge is -2.11.